The molecule has 2 amide bonds. The number of halogens is 1. The molecule has 5 N–H and O–H groups in total. The molecule has 1 fully saturated rings. The average Bonchev–Trinajstić information content (AvgIpc) is 3.60. The summed E-state index contributed by atoms with van der Waals surface area (Å²) in [6, 6.07) is 17.6. The van der Waals surface area contributed by atoms with Gasteiger partial charge in [0, 0.05) is 34.8 Å². The number of aromatic nitrogens is 5. The number of esters is 1. The van der Waals surface area contributed by atoms with Crippen molar-refractivity contribution in [1.82, 2.24) is 30.9 Å². The highest BCUT2D eigenvalue weighted by molar-refractivity contribution is 5.97. The molecule has 0 spiro atoms. The van der Waals surface area contributed by atoms with Crippen LogP contribution in [0.3, 0.4) is 0 Å². The van der Waals surface area contributed by atoms with E-state index in [2.05, 4.69) is 36.2 Å². The van der Waals surface area contributed by atoms with Gasteiger partial charge in [-0.25, -0.2) is 9.78 Å². The Morgan fingerprint density at radius 3 is 2.28 bits per heavy atom. The lowest BCUT2D eigenvalue weighted by Gasteiger charge is -2.28. The summed E-state index contributed by atoms with van der Waals surface area (Å²) in [6.45, 7) is 4.51. The number of rotatable bonds is 11. The molecule has 4 aromatic rings. The monoisotopic (exact) mass is 646 g/mol. The Morgan fingerprint density at radius 1 is 0.978 bits per heavy atom. The van der Waals surface area contributed by atoms with Crippen LogP contribution in [0, 0.1) is 18.8 Å². The SMILES string of the molecule is CCOC(=O)c1ccc(-c2ccc(C[C@H](NC(=O)C3CCC(CN)CC3)C(=O)Nc3ccc(-c4nn[nH]n4)cc3)cc2)c(C)n1.Cl. The fourth-order valence-corrected chi connectivity index (χ4v) is 5.62. The third-order valence-electron chi connectivity index (χ3n) is 8.21. The first-order valence-corrected chi connectivity index (χ1v) is 15.2. The molecule has 1 aliphatic rings. The number of hydrogen-bond acceptors (Lipinski definition) is 9. The van der Waals surface area contributed by atoms with Gasteiger partial charge in [0.05, 0.1) is 6.61 Å². The van der Waals surface area contributed by atoms with Gasteiger partial charge in [-0.3, -0.25) is 9.59 Å². The number of tetrazole rings is 1. The molecule has 242 valence electrons. The number of anilines is 1. The molecule has 0 aliphatic heterocycles. The van der Waals surface area contributed by atoms with Crippen molar-refractivity contribution in [2.75, 3.05) is 18.5 Å². The summed E-state index contributed by atoms with van der Waals surface area (Å²) in [6.07, 6.45) is 3.65. The van der Waals surface area contributed by atoms with E-state index in [1.165, 1.54) is 0 Å². The van der Waals surface area contributed by atoms with Crippen LogP contribution >= 0.6 is 12.4 Å². The predicted molar refractivity (Wildman–Crippen MR) is 176 cm³/mol. The summed E-state index contributed by atoms with van der Waals surface area (Å²) in [7, 11) is 0. The van der Waals surface area contributed by atoms with Gasteiger partial charge in [-0.1, -0.05) is 30.3 Å². The second kappa shape index (κ2) is 16.1. The molecule has 12 nitrogen and oxygen atoms in total. The quantitative estimate of drug-likeness (QED) is 0.173. The Labute approximate surface area is 273 Å². The van der Waals surface area contributed by atoms with Gasteiger partial charge in [-0.05, 0) is 98.7 Å². The maximum absolute atomic E-state index is 13.6. The van der Waals surface area contributed by atoms with Crippen LogP contribution in [0.4, 0.5) is 5.69 Å². The Balaban J connectivity index is 0.00000480. The number of carbonyl (C=O) groups excluding carboxylic acids is 3. The van der Waals surface area contributed by atoms with Gasteiger partial charge in [-0.2, -0.15) is 5.21 Å². The molecule has 0 saturated heterocycles. The van der Waals surface area contributed by atoms with Crippen LogP contribution in [0.15, 0.2) is 60.7 Å². The lowest BCUT2D eigenvalue weighted by molar-refractivity contribution is -0.130. The number of aromatic amines is 1. The first-order valence-electron chi connectivity index (χ1n) is 15.2. The topological polar surface area (TPSA) is 178 Å². The molecule has 1 saturated carbocycles. The Morgan fingerprint density at radius 2 is 1.67 bits per heavy atom. The van der Waals surface area contributed by atoms with Gasteiger partial charge >= 0.3 is 5.97 Å². The van der Waals surface area contributed by atoms with Crippen LogP contribution in [0.5, 0.6) is 0 Å². The number of H-pyrrole nitrogens is 1. The van der Waals surface area contributed by atoms with E-state index in [-0.39, 0.29) is 42.4 Å². The third kappa shape index (κ3) is 8.52. The van der Waals surface area contributed by atoms with Crippen molar-refractivity contribution in [3.05, 3.63) is 77.6 Å². The van der Waals surface area contributed by atoms with Crippen LogP contribution < -0.4 is 16.4 Å². The molecule has 0 bridgehead atoms. The first-order chi connectivity index (χ1) is 21.8. The second-order valence-corrected chi connectivity index (χ2v) is 11.3. The summed E-state index contributed by atoms with van der Waals surface area (Å²) in [5, 5.41) is 19.9. The summed E-state index contributed by atoms with van der Waals surface area (Å²) in [4.78, 5) is 43.4. The maximum atomic E-state index is 13.6. The standard InChI is InChI=1S/C33H38N8O4.ClH/c1-3-45-33(44)28-17-16-27(20(2)35-28)23-8-4-21(5-9-23)18-29(37-31(42)25-10-6-22(19-34)7-11-25)32(43)36-26-14-12-24(13-15-26)30-38-40-41-39-30;/h4-5,8-9,12-17,22,25,29H,3,6-7,10-11,18-19,34H2,1-2H3,(H,36,43)(H,37,42)(H,38,39,40,41);1H/t22?,25?,29-;/m0./s1. The predicted octanol–water partition coefficient (Wildman–Crippen LogP) is 4.27. The lowest BCUT2D eigenvalue weighted by Crippen LogP contribution is -2.48. The van der Waals surface area contributed by atoms with Crippen molar-refractivity contribution >= 4 is 35.9 Å². The largest absolute Gasteiger partial charge is 0.461 e. The van der Waals surface area contributed by atoms with E-state index in [9.17, 15) is 14.4 Å². The van der Waals surface area contributed by atoms with Crippen LogP contribution in [-0.4, -0.2) is 62.6 Å². The fraction of sp³-hybridized carbons (Fsp3) is 0.364. The van der Waals surface area contributed by atoms with E-state index in [0.717, 1.165) is 47.9 Å². The first kappa shape index (κ1) is 34.2. The van der Waals surface area contributed by atoms with Gasteiger partial charge in [0.2, 0.25) is 17.6 Å². The highest BCUT2D eigenvalue weighted by Crippen LogP contribution is 2.29. The van der Waals surface area contributed by atoms with Crippen molar-refractivity contribution < 1.29 is 19.1 Å². The van der Waals surface area contributed by atoms with Crippen molar-refractivity contribution in [3.8, 4) is 22.5 Å². The minimum atomic E-state index is -0.792. The van der Waals surface area contributed by atoms with E-state index in [4.69, 9.17) is 10.5 Å². The fourth-order valence-electron chi connectivity index (χ4n) is 5.62. The summed E-state index contributed by atoms with van der Waals surface area (Å²) in [5.74, 6) is -0.130. The molecule has 0 unspecified atom stereocenters. The molecule has 1 atom stereocenters. The molecular formula is C33H39ClN8O4. The minimum absolute atomic E-state index is 0. The highest BCUT2D eigenvalue weighted by atomic mass is 35.5. The number of ether oxygens (including phenoxy) is 1. The highest BCUT2D eigenvalue weighted by Gasteiger charge is 2.29. The normalized spacial score (nSPS) is 16.5. The lowest BCUT2D eigenvalue weighted by atomic mass is 9.81. The number of benzene rings is 2. The minimum Gasteiger partial charge on any atom is -0.461 e. The molecule has 13 heteroatoms. The number of nitrogens with two attached hydrogens (primary N) is 1. The number of pyridine rings is 1. The Kier molecular flexibility index (Phi) is 11.9. The zero-order chi connectivity index (χ0) is 31.8. The van der Waals surface area contributed by atoms with Crippen molar-refractivity contribution in [2.24, 2.45) is 17.6 Å². The second-order valence-electron chi connectivity index (χ2n) is 11.3. The number of carbonyl (C=O) groups is 3. The molecule has 2 heterocycles. The van der Waals surface area contributed by atoms with E-state index in [0.29, 0.717) is 36.1 Å². The summed E-state index contributed by atoms with van der Waals surface area (Å²) < 4.78 is 5.06. The summed E-state index contributed by atoms with van der Waals surface area (Å²) in [5.41, 5.74) is 10.8. The molecule has 5 rings (SSSR count). The molecule has 0 radical (unpaired) electrons. The average molecular weight is 647 g/mol. The third-order valence-corrected chi connectivity index (χ3v) is 8.21. The van der Waals surface area contributed by atoms with Crippen molar-refractivity contribution in [3.63, 3.8) is 0 Å². The Hall–Kier alpha value is -4.68. The van der Waals surface area contributed by atoms with E-state index in [1.807, 2.05) is 37.3 Å². The van der Waals surface area contributed by atoms with Gasteiger partial charge in [0.25, 0.3) is 0 Å². The molecule has 2 aromatic carbocycles. The van der Waals surface area contributed by atoms with Gasteiger partial charge in [0.15, 0.2) is 0 Å². The summed E-state index contributed by atoms with van der Waals surface area (Å²) >= 11 is 0. The maximum Gasteiger partial charge on any atom is 0.356 e. The number of aryl methyl sites for hydroxylation is 1. The van der Waals surface area contributed by atoms with Gasteiger partial charge < -0.3 is 21.1 Å². The Bertz CT molecular complexity index is 1610. The zero-order valence-corrected chi connectivity index (χ0v) is 26.7. The number of nitrogens with zero attached hydrogens (tertiary/aromatic N) is 4. The molecule has 2 aromatic heterocycles. The zero-order valence-electron chi connectivity index (χ0n) is 25.9. The number of hydrogen-bond donors (Lipinski definition) is 4. The number of amides is 2. The van der Waals surface area contributed by atoms with Gasteiger partial charge in [0.1, 0.15) is 11.7 Å². The van der Waals surface area contributed by atoms with Crippen LogP contribution in [0.1, 0.15) is 54.4 Å². The van der Waals surface area contributed by atoms with Gasteiger partial charge in [-0.15, -0.1) is 22.6 Å². The van der Waals surface area contributed by atoms with Crippen LogP contribution in [0.25, 0.3) is 22.5 Å². The van der Waals surface area contributed by atoms with Crippen molar-refractivity contribution in [2.45, 2.75) is 52.0 Å². The van der Waals surface area contributed by atoms with Crippen LogP contribution in [-0.2, 0) is 20.7 Å². The van der Waals surface area contributed by atoms with E-state index < -0.39 is 12.0 Å². The molecular weight excluding hydrogens is 608 g/mol. The van der Waals surface area contributed by atoms with Crippen molar-refractivity contribution in [1.29, 1.82) is 0 Å². The smallest absolute Gasteiger partial charge is 0.356 e. The molecule has 1 aliphatic carbocycles. The van der Waals surface area contributed by atoms with E-state index in [1.54, 1.807) is 37.3 Å². The number of nitrogens with one attached hydrogen (secondary N) is 3. The molecule has 46 heavy (non-hydrogen) atoms. The van der Waals surface area contributed by atoms with E-state index >= 15 is 0 Å². The van der Waals surface area contributed by atoms with Crippen LogP contribution in [0.2, 0.25) is 0 Å².